The minimum Gasteiger partial charge on any atom is -0.492 e. The number of ether oxygens (including phenoxy) is 2. The first-order valence-electron chi connectivity index (χ1n) is 8.68. The van der Waals surface area contributed by atoms with E-state index in [0.717, 1.165) is 24.1 Å². The lowest BCUT2D eigenvalue weighted by molar-refractivity contribution is -0.137. The molecule has 4 nitrogen and oxygen atoms in total. The summed E-state index contributed by atoms with van der Waals surface area (Å²) in [4.78, 5) is 12.4. The summed E-state index contributed by atoms with van der Waals surface area (Å²) in [5.41, 5.74) is 1.26. The molecule has 3 rings (SSSR count). The maximum absolute atomic E-state index is 12.6. The van der Waals surface area contributed by atoms with Gasteiger partial charge in [-0.25, -0.2) is 0 Å². The summed E-state index contributed by atoms with van der Waals surface area (Å²) in [6.45, 7) is 4.25. The van der Waals surface area contributed by atoms with E-state index in [4.69, 9.17) is 9.47 Å². The van der Waals surface area contributed by atoms with Gasteiger partial charge in [0.05, 0.1) is 24.3 Å². The third-order valence-corrected chi connectivity index (χ3v) is 4.22. The molecule has 0 spiro atoms. The monoisotopic (exact) mass is 379 g/mol. The van der Waals surface area contributed by atoms with Crippen LogP contribution in [0.2, 0.25) is 0 Å². The SMILES string of the molecule is CCOc1cc2c(cc1NC(=O)Cc1ccc(C(F)(F)F)cc1)OC(C)C2. The van der Waals surface area contributed by atoms with Crippen LogP contribution in [0.4, 0.5) is 18.9 Å². The molecule has 0 saturated heterocycles. The van der Waals surface area contributed by atoms with Crippen molar-refractivity contribution in [1.82, 2.24) is 0 Å². The summed E-state index contributed by atoms with van der Waals surface area (Å²) in [7, 11) is 0. The van der Waals surface area contributed by atoms with Gasteiger partial charge in [0.15, 0.2) is 0 Å². The molecule has 144 valence electrons. The molecule has 0 aliphatic carbocycles. The van der Waals surface area contributed by atoms with Crippen LogP contribution in [0, 0.1) is 0 Å². The summed E-state index contributed by atoms with van der Waals surface area (Å²) >= 11 is 0. The number of hydrogen-bond acceptors (Lipinski definition) is 3. The van der Waals surface area contributed by atoms with Gasteiger partial charge in [-0.15, -0.1) is 0 Å². The van der Waals surface area contributed by atoms with Crippen LogP contribution >= 0.6 is 0 Å². The number of benzene rings is 2. The second-order valence-corrected chi connectivity index (χ2v) is 6.44. The van der Waals surface area contributed by atoms with E-state index in [2.05, 4.69) is 5.32 Å². The molecular formula is C20H20F3NO3. The van der Waals surface area contributed by atoms with Crippen molar-refractivity contribution in [2.75, 3.05) is 11.9 Å². The molecule has 1 amide bonds. The van der Waals surface area contributed by atoms with Gasteiger partial charge < -0.3 is 14.8 Å². The molecule has 2 aromatic carbocycles. The first-order valence-corrected chi connectivity index (χ1v) is 8.68. The Balaban J connectivity index is 1.73. The van der Waals surface area contributed by atoms with Gasteiger partial charge in [0.1, 0.15) is 17.6 Å². The molecule has 7 heteroatoms. The van der Waals surface area contributed by atoms with Gasteiger partial charge >= 0.3 is 6.18 Å². The Hall–Kier alpha value is -2.70. The van der Waals surface area contributed by atoms with Crippen molar-refractivity contribution in [1.29, 1.82) is 0 Å². The number of amides is 1. The zero-order valence-corrected chi connectivity index (χ0v) is 15.0. The highest BCUT2D eigenvalue weighted by Crippen LogP contribution is 2.38. The van der Waals surface area contributed by atoms with Gasteiger partial charge in [0, 0.05) is 18.1 Å². The molecule has 0 fully saturated rings. The van der Waals surface area contributed by atoms with Gasteiger partial charge in [0.2, 0.25) is 5.91 Å². The highest BCUT2D eigenvalue weighted by Gasteiger charge is 2.30. The van der Waals surface area contributed by atoms with Crippen LogP contribution in [-0.2, 0) is 23.8 Å². The largest absolute Gasteiger partial charge is 0.492 e. The normalized spacial score (nSPS) is 15.8. The number of alkyl halides is 3. The molecule has 0 aromatic heterocycles. The van der Waals surface area contributed by atoms with Crippen LogP contribution in [0.25, 0.3) is 0 Å². The molecule has 2 aromatic rings. The lowest BCUT2D eigenvalue weighted by Gasteiger charge is -2.14. The minimum absolute atomic E-state index is 0.0436. The molecule has 0 saturated carbocycles. The third kappa shape index (κ3) is 4.53. The Labute approximate surface area is 155 Å². The Morgan fingerprint density at radius 2 is 1.96 bits per heavy atom. The maximum Gasteiger partial charge on any atom is 0.416 e. The van der Waals surface area contributed by atoms with E-state index >= 15 is 0 Å². The van der Waals surface area contributed by atoms with Crippen molar-refractivity contribution in [3.63, 3.8) is 0 Å². The number of carbonyl (C=O) groups is 1. The Bertz CT molecular complexity index is 832. The van der Waals surface area contributed by atoms with E-state index in [1.807, 2.05) is 19.9 Å². The van der Waals surface area contributed by atoms with Crippen LogP contribution in [0.1, 0.15) is 30.5 Å². The average Bonchev–Trinajstić information content (AvgIpc) is 2.94. The smallest absolute Gasteiger partial charge is 0.416 e. The number of nitrogens with one attached hydrogen (secondary N) is 1. The summed E-state index contributed by atoms with van der Waals surface area (Å²) < 4.78 is 49.2. The quantitative estimate of drug-likeness (QED) is 0.825. The maximum atomic E-state index is 12.6. The van der Waals surface area contributed by atoms with Gasteiger partial charge in [-0.05, 0) is 37.6 Å². The minimum atomic E-state index is -4.39. The number of halogens is 3. The molecule has 1 atom stereocenters. The Morgan fingerprint density at radius 1 is 1.26 bits per heavy atom. The number of fused-ring (bicyclic) bond motifs is 1. The fourth-order valence-electron chi connectivity index (χ4n) is 3.00. The van der Waals surface area contributed by atoms with Gasteiger partial charge in [-0.3, -0.25) is 4.79 Å². The highest BCUT2D eigenvalue weighted by molar-refractivity contribution is 5.94. The van der Waals surface area contributed by atoms with Crippen LogP contribution in [-0.4, -0.2) is 18.6 Å². The lowest BCUT2D eigenvalue weighted by atomic mass is 10.1. The second-order valence-electron chi connectivity index (χ2n) is 6.44. The first-order chi connectivity index (χ1) is 12.8. The molecule has 0 radical (unpaired) electrons. The molecule has 1 aliphatic rings. The molecule has 0 bridgehead atoms. The molecule has 27 heavy (non-hydrogen) atoms. The van der Waals surface area contributed by atoms with Crippen molar-refractivity contribution in [3.8, 4) is 11.5 Å². The Kier molecular flexibility index (Phi) is 5.30. The van der Waals surface area contributed by atoms with E-state index in [0.29, 0.717) is 29.4 Å². The predicted octanol–water partition coefficient (Wildman–Crippen LogP) is 4.61. The predicted molar refractivity (Wildman–Crippen MR) is 95.2 cm³/mol. The van der Waals surface area contributed by atoms with E-state index in [-0.39, 0.29) is 18.4 Å². The van der Waals surface area contributed by atoms with Crippen LogP contribution in [0.3, 0.4) is 0 Å². The first kappa shape index (κ1) is 19.1. The zero-order valence-electron chi connectivity index (χ0n) is 15.0. The van der Waals surface area contributed by atoms with Crippen molar-refractivity contribution < 1.29 is 27.4 Å². The molecule has 1 N–H and O–H groups in total. The number of anilines is 1. The third-order valence-electron chi connectivity index (χ3n) is 4.22. The number of carbonyl (C=O) groups excluding carboxylic acids is 1. The van der Waals surface area contributed by atoms with Crippen LogP contribution in [0.5, 0.6) is 11.5 Å². The summed E-state index contributed by atoms with van der Waals surface area (Å²) in [6, 6.07) is 8.14. The van der Waals surface area contributed by atoms with Crippen molar-refractivity contribution in [2.24, 2.45) is 0 Å². The highest BCUT2D eigenvalue weighted by atomic mass is 19.4. The second kappa shape index (κ2) is 7.50. The lowest BCUT2D eigenvalue weighted by Crippen LogP contribution is -2.15. The van der Waals surface area contributed by atoms with Gasteiger partial charge in [-0.2, -0.15) is 13.2 Å². The van der Waals surface area contributed by atoms with E-state index in [1.54, 1.807) is 6.07 Å². The number of hydrogen-bond donors (Lipinski definition) is 1. The Morgan fingerprint density at radius 3 is 2.59 bits per heavy atom. The van der Waals surface area contributed by atoms with Crippen molar-refractivity contribution >= 4 is 11.6 Å². The molecule has 1 aliphatic heterocycles. The molecular weight excluding hydrogens is 359 g/mol. The van der Waals surface area contributed by atoms with Crippen LogP contribution in [0.15, 0.2) is 36.4 Å². The summed E-state index contributed by atoms with van der Waals surface area (Å²) in [5.74, 6) is 0.909. The van der Waals surface area contributed by atoms with E-state index in [1.165, 1.54) is 12.1 Å². The fraction of sp³-hybridized carbons (Fsp3) is 0.350. The fourth-order valence-corrected chi connectivity index (χ4v) is 3.00. The molecule has 1 heterocycles. The van der Waals surface area contributed by atoms with E-state index in [9.17, 15) is 18.0 Å². The van der Waals surface area contributed by atoms with Crippen molar-refractivity contribution in [2.45, 2.75) is 39.0 Å². The summed E-state index contributed by atoms with van der Waals surface area (Å²) in [6.07, 6.45) is -3.60. The van der Waals surface area contributed by atoms with Crippen molar-refractivity contribution in [3.05, 3.63) is 53.1 Å². The summed E-state index contributed by atoms with van der Waals surface area (Å²) in [5, 5.41) is 2.77. The molecule has 1 unspecified atom stereocenters. The van der Waals surface area contributed by atoms with E-state index < -0.39 is 11.7 Å². The zero-order chi connectivity index (χ0) is 19.6. The van der Waals surface area contributed by atoms with Crippen LogP contribution < -0.4 is 14.8 Å². The van der Waals surface area contributed by atoms with Gasteiger partial charge in [0.25, 0.3) is 0 Å². The average molecular weight is 379 g/mol. The topological polar surface area (TPSA) is 47.6 Å². The standard InChI is InChI=1S/C20H20F3NO3/c1-3-26-18-10-14-8-12(2)27-17(14)11-16(18)24-19(25)9-13-4-6-15(7-5-13)20(21,22)23/h4-7,10-12H,3,8-9H2,1-2H3,(H,24,25). The van der Waals surface area contributed by atoms with Gasteiger partial charge in [-0.1, -0.05) is 12.1 Å². The number of rotatable bonds is 5.